The van der Waals surface area contributed by atoms with E-state index in [9.17, 15) is 14.7 Å². The van der Waals surface area contributed by atoms with Gasteiger partial charge in [-0.1, -0.05) is 24.3 Å². The van der Waals surface area contributed by atoms with Gasteiger partial charge in [-0.25, -0.2) is 0 Å². The van der Waals surface area contributed by atoms with Crippen LogP contribution in [0.4, 0.5) is 5.69 Å². The molecule has 3 N–H and O–H groups in total. The Morgan fingerprint density at radius 2 is 1.85 bits per heavy atom. The van der Waals surface area contributed by atoms with E-state index in [1.165, 1.54) is 0 Å². The number of rotatable bonds is 9. The predicted octanol–water partition coefficient (Wildman–Crippen LogP) is 3.07. The highest BCUT2D eigenvalue weighted by atomic mass is 79.9. The van der Waals surface area contributed by atoms with Gasteiger partial charge in [0.1, 0.15) is 11.8 Å². The third-order valence-corrected chi connectivity index (χ3v) is 4.49. The van der Waals surface area contributed by atoms with Crippen LogP contribution in [0.3, 0.4) is 0 Å². The van der Waals surface area contributed by atoms with Crippen molar-refractivity contribution in [2.75, 3.05) is 19.0 Å². The van der Waals surface area contributed by atoms with Crippen molar-refractivity contribution >= 4 is 33.5 Å². The number of aliphatic carboxylic acids is 1. The lowest BCUT2D eigenvalue weighted by Gasteiger charge is -2.15. The molecule has 0 spiro atoms. The van der Waals surface area contributed by atoms with Gasteiger partial charge in [-0.15, -0.1) is 0 Å². The zero-order chi connectivity index (χ0) is 18.9. The van der Waals surface area contributed by atoms with Crippen molar-refractivity contribution in [3.8, 4) is 5.75 Å². The molecule has 2 aromatic rings. The first-order chi connectivity index (χ1) is 12.5. The summed E-state index contributed by atoms with van der Waals surface area (Å²) in [5.41, 5.74) is 1.67. The number of amides is 1. The van der Waals surface area contributed by atoms with Crippen LogP contribution < -0.4 is 15.4 Å². The lowest BCUT2D eigenvalue weighted by atomic mass is 10.1. The second-order valence-electron chi connectivity index (χ2n) is 5.68. The minimum absolute atomic E-state index is 0.153. The van der Waals surface area contributed by atoms with E-state index >= 15 is 0 Å². The van der Waals surface area contributed by atoms with Crippen molar-refractivity contribution in [1.82, 2.24) is 5.32 Å². The molecule has 1 atom stereocenters. The molecule has 0 aliphatic carbocycles. The molecule has 0 radical (unpaired) electrons. The van der Waals surface area contributed by atoms with Gasteiger partial charge >= 0.3 is 5.97 Å². The van der Waals surface area contributed by atoms with Crippen molar-refractivity contribution in [1.29, 1.82) is 0 Å². The Hall–Kier alpha value is -2.38. The molecule has 26 heavy (non-hydrogen) atoms. The van der Waals surface area contributed by atoms with Crippen LogP contribution in [0, 0.1) is 0 Å². The van der Waals surface area contributed by atoms with Gasteiger partial charge in [0.15, 0.2) is 0 Å². The Kier molecular flexibility index (Phi) is 7.62. The van der Waals surface area contributed by atoms with Crippen LogP contribution >= 0.6 is 15.9 Å². The molecule has 0 aliphatic rings. The zero-order valence-electron chi connectivity index (χ0n) is 14.4. The van der Waals surface area contributed by atoms with Crippen LogP contribution in [0.15, 0.2) is 53.0 Å². The Bertz CT molecular complexity index is 749. The highest BCUT2D eigenvalue weighted by molar-refractivity contribution is 9.10. The van der Waals surface area contributed by atoms with Crippen LogP contribution in [-0.2, 0) is 16.0 Å². The molecule has 0 fully saturated rings. The first-order valence-electron chi connectivity index (χ1n) is 8.13. The van der Waals surface area contributed by atoms with E-state index in [0.717, 1.165) is 15.8 Å². The van der Waals surface area contributed by atoms with Gasteiger partial charge in [-0.2, -0.15) is 0 Å². The summed E-state index contributed by atoms with van der Waals surface area (Å²) in [5, 5.41) is 15.0. The van der Waals surface area contributed by atoms with Gasteiger partial charge in [0.05, 0.1) is 19.2 Å². The summed E-state index contributed by atoms with van der Waals surface area (Å²) in [6.07, 6.45) is 0.499. The molecule has 6 nitrogen and oxygen atoms in total. The molecular formula is C19H21BrN2O4. The fraction of sp³-hybridized carbons (Fsp3) is 0.263. The summed E-state index contributed by atoms with van der Waals surface area (Å²) >= 11 is 3.34. The second kappa shape index (κ2) is 9.94. The fourth-order valence-corrected chi connectivity index (χ4v) is 2.76. The number of carbonyl (C=O) groups excluding carboxylic acids is 1. The maximum absolute atomic E-state index is 12.1. The van der Waals surface area contributed by atoms with E-state index in [-0.39, 0.29) is 12.3 Å². The number of carboxylic acid groups (broad SMARTS) is 1. The van der Waals surface area contributed by atoms with Crippen LogP contribution in [0.2, 0.25) is 0 Å². The van der Waals surface area contributed by atoms with E-state index in [0.29, 0.717) is 18.7 Å². The van der Waals surface area contributed by atoms with Gasteiger partial charge in [-0.3, -0.25) is 9.59 Å². The summed E-state index contributed by atoms with van der Waals surface area (Å²) in [7, 11) is 1.60. The molecule has 2 aromatic carbocycles. The quantitative estimate of drug-likeness (QED) is 0.580. The third kappa shape index (κ3) is 6.16. The van der Waals surface area contributed by atoms with Crippen molar-refractivity contribution < 1.29 is 19.4 Å². The first kappa shape index (κ1) is 19.9. The number of methoxy groups -OCH3 is 1. The number of halogens is 1. The normalized spacial score (nSPS) is 11.6. The number of carbonyl (C=O) groups is 2. The Morgan fingerprint density at radius 3 is 2.46 bits per heavy atom. The summed E-state index contributed by atoms with van der Waals surface area (Å²) < 4.78 is 5.85. The molecule has 0 bridgehead atoms. The Labute approximate surface area is 160 Å². The summed E-state index contributed by atoms with van der Waals surface area (Å²) in [6.45, 7) is 0.450. The molecule has 0 saturated carbocycles. The highest BCUT2D eigenvalue weighted by Crippen LogP contribution is 2.21. The second-order valence-corrected chi connectivity index (χ2v) is 6.53. The maximum Gasteiger partial charge on any atom is 0.321 e. The molecule has 0 aromatic heterocycles. The lowest BCUT2D eigenvalue weighted by molar-refractivity contribution is -0.141. The monoisotopic (exact) mass is 420 g/mol. The Morgan fingerprint density at radius 1 is 1.15 bits per heavy atom. The van der Waals surface area contributed by atoms with Crippen LogP contribution in [0.1, 0.15) is 12.0 Å². The van der Waals surface area contributed by atoms with E-state index in [2.05, 4.69) is 26.6 Å². The smallest absolute Gasteiger partial charge is 0.321 e. The van der Waals surface area contributed by atoms with Gasteiger partial charge in [0, 0.05) is 4.47 Å². The zero-order valence-corrected chi connectivity index (χ0v) is 16.0. The van der Waals surface area contributed by atoms with Crippen molar-refractivity contribution in [2.45, 2.75) is 18.9 Å². The molecule has 7 heteroatoms. The maximum atomic E-state index is 12.1. The number of benzene rings is 2. The van der Waals surface area contributed by atoms with Crippen molar-refractivity contribution in [3.63, 3.8) is 0 Å². The Balaban J connectivity index is 1.84. The molecule has 0 heterocycles. The van der Waals surface area contributed by atoms with Gasteiger partial charge < -0.3 is 20.5 Å². The van der Waals surface area contributed by atoms with Gasteiger partial charge in [0.25, 0.3) is 0 Å². The minimum atomic E-state index is -1.05. The summed E-state index contributed by atoms with van der Waals surface area (Å²) in [5.74, 6) is -0.642. The number of hydrogen-bond donors (Lipinski definition) is 3. The molecule has 1 unspecified atom stereocenters. The standard InChI is InChI=1S/C19H21BrN2O4/c1-26-14-8-6-13(7-9-14)10-11-21-17(19(24)25)12-18(23)22-16-5-3-2-4-15(16)20/h2-9,17,21H,10-12H2,1H3,(H,22,23)(H,24,25). The van der Waals surface area contributed by atoms with Crippen LogP contribution in [0.25, 0.3) is 0 Å². The van der Waals surface area contributed by atoms with E-state index in [4.69, 9.17) is 4.74 Å². The topological polar surface area (TPSA) is 87.7 Å². The van der Waals surface area contributed by atoms with E-state index < -0.39 is 12.0 Å². The largest absolute Gasteiger partial charge is 0.497 e. The number of anilines is 1. The average molecular weight is 421 g/mol. The SMILES string of the molecule is COc1ccc(CCNC(CC(=O)Nc2ccccc2Br)C(=O)O)cc1. The van der Waals surface area contributed by atoms with Crippen LogP contribution in [-0.4, -0.2) is 36.7 Å². The van der Waals surface area contributed by atoms with E-state index in [1.807, 2.05) is 30.3 Å². The summed E-state index contributed by atoms with van der Waals surface area (Å²) in [4.78, 5) is 23.5. The number of carboxylic acids is 1. The number of para-hydroxylation sites is 1. The highest BCUT2D eigenvalue weighted by Gasteiger charge is 2.20. The van der Waals surface area contributed by atoms with Gasteiger partial charge in [-0.05, 0) is 58.7 Å². The van der Waals surface area contributed by atoms with Crippen LogP contribution in [0.5, 0.6) is 5.75 Å². The van der Waals surface area contributed by atoms with Crippen molar-refractivity contribution in [3.05, 3.63) is 58.6 Å². The van der Waals surface area contributed by atoms with Gasteiger partial charge in [0.2, 0.25) is 5.91 Å². The number of hydrogen-bond acceptors (Lipinski definition) is 4. The molecule has 0 aliphatic heterocycles. The molecular weight excluding hydrogens is 400 g/mol. The number of nitrogens with one attached hydrogen (secondary N) is 2. The minimum Gasteiger partial charge on any atom is -0.497 e. The summed E-state index contributed by atoms with van der Waals surface area (Å²) in [6, 6.07) is 13.8. The molecule has 0 saturated heterocycles. The molecule has 2 rings (SSSR count). The average Bonchev–Trinajstić information content (AvgIpc) is 2.63. The fourth-order valence-electron chi connectivity index (χ4n) is 2.38. The van der Waals surface area contributed by atoms with Crippen molar-refractivity contribution in [2.24, 2.45) is 0 Å². The lowest BCUT2D eigenvalue weighted by Crippen LogP contribution is -2.40. The third-order valence-electron chi connectivity index (χ3n) is 3.80. The molecule has 138 valence electrons. The molecule has 1 amide bonds. The first-order valence-corrected chi connectivity index (χ1v) is 8.92. The predicted molar refractivity (Wildman–Crippen MR) is 104 cm³/mol. The number of ether oxygens (including phenoxy) is 1. The van der Waals surface area contributed by atoms with E-state index in [1.54, 1.807) is 25.3 Å².